The van der Waals surface area contributed by atoms with Gasteiger partial charge in [-0.05, 0) is 43.0 Å². The van der Waals surface area contributed by atoms with Gasteiger partial charge in [0.2, 0.25) is 11.8 Å². The van der Waals surface area contributed by atoms with Crippen LogP contribution < -0.4 is 11.1 Å². The lowest BCUT2D eigenvalue weighted by atomic mass is 9.60. The van der Waals surface area contributed by atoms with Crippen LogP contribution in [0.25, 0.3) is 10.9 Å². The molecule has 4 rings (SSSR count). The van der Waals surface area contributed by atoms with Crippen LogP contribution in [0.1, 0.15) is 47.3 Å². The third kappa shape index (κ3) is 3.86. The number of rotatable bonds is 7. The maximum Gasteiger partial charge on any atom is 0.352 e. The fraction of sp³-hybridized carbons (Fsp3) is 0.360. The van der Waals surface area contributed by atoms with E-state index < -0.39 is 23.2 Å². The number of para-hydroxylation sites is 1. The maximum absolute atomic E-state index is 13.4. The molecule has 2 amide bonds. The molecule has 8 heteroatoms. The van der Waals surface area contributed by atoms with Gasteiger partial charge in [-0.1, -0.05) is 31.0 Å². The number of carbonyl (C=O) groups excluding carboxylic acids is 2. The number of nitrogens with two attached hydrogens (primary N) is 1. The van der Waals surface area contributed by atoms with E-state index in [-0.39, 0.29) is 11.6 Å². The molecule has 2 aromatic heterocycles. The number of fused-ring (bicyclic) bond motifs is 1. The number of nitrogens with one attached hydrogen (secondary N) is 1. The summed E-state index contributed by atoms with van der Waals surface area (Å²) in [5.74, 6) is -2.82. The second kappa shape index (κ2) is 9.05. The summed E-state index contributed by atoms with van der Waals surface area (Å²) >= 11 is 0. The normalized spacial score (nSPS) is 20.5. The Kier molecular flexibility index (Phi) is 6.18. The number of pyridine rings is 1. The van der Waals surface area contributed by atoms with Crippen molar-refractivity contribution in [2.24, 2.45) is 18.7 Å². The van der Waals surface area contributed by atoms with Crippen LogP contribution in [-0.4, -0.2) is 39.0 Å². The summed E-state index contributed by atoms with van der Waals surface area (Å²) in [6.45, 7) is 0.398. The van der Waals surface area contributed by atoms with Crippen molar-refractivity contribution in [2.75, 3.05) is 6.54 Å². The Morgan fingerprint density at radius 2 is 1.91 bits per heavy atom. The number of hydrogen-bond donors (Lipinski definition) is 3. The Balaban J connectivity index is 1.76. The first kappa shape index (κ1) is 22.5. The molecule has 0 radical (unpaired) electrons. The summed E-state index contributed by atoms with van der Waals surface area (Å²) in [5, 5.41) is 13.7. The van der Waals surface area contributed by atoms with E-state index in [1.54, 1.807) is 36.1 Å². The van der Waals surface area contributed by atoms with Crippen molar-refractivity contribution in [3.05, 3.63) is 65.6 Å². The number of benzene rings is 1. The molecular formula is C25H28N4O4. The topological polar surface area (TPSA) is 127 Å². The fourth-order valence-corrected chi connectivity index (χ4v) is 5.34. The number of carboxylic acid groups (broad SMARTS) is 1. The monoisotopic (exact) mass is 448 g/mol. The van der Waals surface area contributed by atoms with E-state index in [4.69, 9.17) is 5.73 Å². The Bertz CT molecular complexity index is 1200. The largest absolute Gasteiger partial charge is 0.477 e. The SMILES string of the molecule is Cn1c(C(=O)O)c([C@]2(C(N)=O)CCCC[C@H]2C(=O)NCCc2ccncc2)c2ccccc21. The highest BCUT2D eigenvalue weighted by molar-refractivity contribution is 6.05. The maximum atomic E-state index is 13.4. The molecule has 2 atom stereocenters. The predicted octanol–water partition coefficient (Wildman–Crippen LogP) is 2.54. The van der Waals surface area contributed by atoms with Gasteiger partial charge in [-0.25, -0.2) is 4.79 Å². The fourth-order valence-electron chi connectivity index (χ4n) is 5.34. The summed E-state index contributed by atoms with van der Waals surface area (Å²) in [6, 6.07) is 11.0. The van der Waals surface area contributed by atoms with Crippen LogP contribution in [0.4, 0.5) is 0 Å². The predicted molar refractivity (Wildman–Crippen MR) is 124 cm³/mol. The van der Waals surface area contributed by atoms with E-state index >= 15 is 0 Å². The molecule has 1 fully saturated rings. The minimum absolute atomic E-state index is 0.00601. The lowest BCUT2D eigenvalue weighted by Crippen LogP contribution is -2.55. The molecule has 3 aromatic rings. The summed E-state index contributed by atoms with van der Waals surface area (Å²) < 4.78 is 1.57. The van der Waals surface area contributed by atoms with Crippen LogP contribution >= 0.6 is 0 Å². The first-order chi connectivity index (χ1) is 15.9. The highest BCUT2D eigenvalue weighted by atomic mass is 16.4. The molecule has 0 spiro atoms. The Labute approximate surface area is 191 Å². The van der Waals surface area contributed by atoms with Gasteiger partial charge in [0.1, 0.15) is 5.69 Å². The molecule has 4 N–H and O–H groups in total. The molecule has 2 heterocycles. The molecule has 1 aliphatic rings. The molecule has 0 aliphatic heterocycles. The van der Waals surface area contributed by atoms with Crippen molar-refractivity contribution in [3.63, 3.8) is 0 Å². The molecule has 1 saturated carbocycles. The van der Waals surface area contributed by atoms with Gasteiger partial charge in [0.15, 0.2) is 0 Å². The number of amides is 2. The van der Waals surface area contributed by atoms with Gasteiger partial charge >= 0.3 is 5.97 Å². The summed E-state index contributed by atoms with van der Waals surface area (Å²) in [6.07, 6.45) is 6.27. The van der Waals surface area contributed by atoms with Crippen LogP contribution in [0, 0.1) is 5.92 Å². The number of aryl methyl sites for hydroxylation is 1. The third-order valence-corrected chi connectivity index (χ3v) is 6.88. The summed E-state index contributed by atoms with van der Waals surface area (Å²) in [4.78, 5) is 42.9. The van der Waals surface area contributed by atoms with Gasteiger partial charge in [-0.2, -0.15) is 0 Å². The van der Waals surface area contributed by atoms with Gasteiger partial charge in [0.05, 0.1) is 11.3 Å². The van der Waals surface area contributed by atoms with Crippen LogP contribution in [0.2, 0.25) is 0 Å². The van der Waals surface area contributed by atoms with Crippen molar-refractivity contribution >= 4 is 28.7 Å². The van der Waals surface area contributed by atoms with Gasteiger partial charge in [0, 0.05) is 42.5 Å². The van der Waals surface area contributed by atoms with Gasteiger partial charge in [-0.3, -0.25) is 14.6 Å². The molecule has 172 valence electrons. The molecule has 33 heavy (non-hydrogen) atoms. The van der Waals surface area contributed by atoms with E-state index in [1.165, 1.54) is 0 Å². The third-order valence-electron chi connectivity index (χ3n) is 6.88. The van der Waals surface area contributed by atoms with Gasteiger partial charge < -0.3 is 20.7 Å². The lowest BCUT2D eigenvalue weighted by Gasteiger charge is -2.41. The second-order valence-electron chi connectivity index (χ2n) is 8.64. The minimum Gasteiger partial charge on any atom is -0.477 e. The van der Waals surface area contributed by atoms with Gasteiger partial charge in [0.25, 0.3) is 0 Å². The number of primary amides is 1. The first-order valence-electron chi connectivity index (χ1n) is 11.2. The van der Waals surface area contributed by atoms with E-state index in [0.717, 1.165) is 12.0 Å². The van der Waals surface area contributed by atoms with E-state index in [1.807, 2.05) is 24.3 Å². The average molecular weight is 449 g/mol. The smallest absolute Gasteiger partial charge is 0.352 e. The Morgan fingerprint density at radius 1 is 1.18 bits per heavy atom. The van der Waals surface area contributed by atoms with Crippen LogP contribution in [0.5, 0.6) is 0 Å². The highest BCUT2D eigenvalue weighted by Gasteiger charge is 2.53. The minimum atomic E-state index is -1.40. The summed E-state index contributed by atoms with van der Waals surface area (Å²) in [7, 11) is 1.66. The van der Waals surface area contributed by atoms with Crippen molar-refractivity contribution in [1.82, 2.24) is 14.9 Å². The van der Waals surface area contributed by atoms with Crippen molar-refractivity contribution in [1.29, 1.82) is 0 Å². The molecule has 8 nitrogen and oxygen atoms in total. The van der Waals surface area contributed by atoms with Crippen LogP contribution in [0.3, 0.4) is 0 Å². The zero-order valence-electron chi connectivity index (χ0n) is 18.6. The number of hydrogen-bond acceptors (Lipinski definition) is 4. The number of carboxylic acids is 1. The van der Waals surface area contributed by atoms with Crippen LogP contribution in [0.15, 0.2) is 48.8 Å². The van der Waals surface area contributed by atoms with E-state index in [0.29, 0.717) is 48.7 Å². The molecule has 1 aromatic carbocycles. The Hall–Kier alpha value is -3.68. The highest BCUT2D eigenvalue weighted by Crippen LogP contribution is 2.48. The first-order valence-corrected chi connectivity index (χ1v) is 11.2. The standard InChI is InChI=1S/C25H28N4O4/c1-29-19-8-3-2-6-17(19)20(21(29)23(31)32)25(24(26)33)12-5-4-7-18(25)22(30)28-15-11-16-9-13-27-14-10-16/h2-3,6,8-10,13-14,18H,4-5,7,11-12,15H2,1H3,(H2,26,33)(H,28,30)(H,31,32)/t18-,25-/m0/s1. The second-order valence-corrected chi connectivity index (χ2v) is 8.64. The number of carbonyl (C=O) groups is 3. The van der Waals surface area contributed by atoms with Crippen molar-refractivity contribution in [3.8, 4) is 0 Å². The molecular weight excluding hydrogens is 420 g/mol. The molecule has 0 bridgehead atoms. The van der Waals surface area contributed by atoms with Crippen LogP contribution in [-0.2, 0) is 28.5 Å². The zero-order chi connectivity index (χ0) is 23.6. The number of nitrogens with zero attached hydrogens (tertiary/aromatic N) is 2. The number of aromatic carboxylic acids is 1. The average Bonchev–Trinajstić information content (AvgIpc) is 3.12. The van der Waals surface area contributed by atoms with Crippen molar-refractivity contribution < 1.29 is 19.5 Å². The zero-order valence-corrected chi connectivity index (χ0v) is 18.6. The number of aromatic nitrogens is 2. The van der Waals surface area contributed by atoms with E-state index in [2.05, 4.69) is 10.3 Å². The van der Waals surface area contributed by atoms with Gasteiger partial charge in [-0.15, -0.1) is 0 Å². The van der Waals surface area contributed by atoms with Crippen molar-refractivity contribution in [2.45, 2.75) is 37.5 Å². The van der Waals surface area contributed by atoms with E-state index in [9.17, 15) is 19.5 Å². The quantitative estimate of drug-likeness (QED) is 0.512. The summed E-state index contributed by atoms with van der Waals surface area (Å²) in [5.41, 5.74) is 6.72. The molecule has 1 aliphatic carbocycles. The lowest BCUT2D eigenvalue weighted by molar-refractivity contribution is -0.137. The Morgan fingerprint density at radius 3 is 2.61 bits per heavy atom. The molecule has 0 unspecified atom stereocenters. The molecule has 0 saturated heterocycles.